The summed E-state index contributed by atoms with van der Waals surface area (Å²) in [6.07, 6.45) is 10.0. The van der Waals surface area contributed by atoms with E-state index in [1.165, 1.54) is 0 Å². The summed E-state index contributed by atoms with van der Waals surface area (Å²) in [5.41, 5.74) is 0. The first kappa shape index (κ1) is 22.5. The Hall–Kier alpha value is 1.22. The average molecular weight is 350 g/mol. The number of halogens is 3. The van der Waals surface area contributed by atoms with Gasteiger partial charge < -0.3 is 37.2 Å². The van der Waals surface area contributed by atoms with Gasteiger partial charge in [-0.15, -0.1) is 0 Å². The normalized spacial score (nSPS) is 9.78. The van der Waals surface area contributed by atoms with E-state index in [-0.39, 0.29) is 63.1 Å². The van der Waals surface area contributed by atoms with E-state index in [2.05, 4.69) is 0 Å². The van der Waals surface area contributed by atoms with E-state index in [0.29, 0.717) is 0 Å². The third-order valence-corrected chi connectivity index (χ3v) is 0.556. The van der Waals surface area contributed by atoms with Crippen LogP contribution >= 0.6 is 0 Å². The molecule has 53 valence electrons. The van der Waals surface area contributed by atoms with Gasteiger partial charge in [0.05, 0.1) is 0 Å². The van der Waals surface area contributed by atoms with Gasteiger partial charge in [0.2, 0.25) is 0 Å². The summed E-state index contributed by atoms with van der Waals surface area (Å²) in [5, 5.41) is 0. The van der Waals surface area contributed by atoms with Crippen LogP contribution < -0.4 is 37.2 Å². The Morgan fingerprint density at radius 2 is 0.889 bits per heavy atom. The van der Waals surface area contributed by atoms with E-state index in [4.69, 9.17) is 0 Å². The van der Waals surface area contributed by atoms with Gasteiger partial charge in [0, 0.05) is 32.3 Å². The van der Waals surface area contributed by atoms with Gasteiger partial charge in [-0.1, -0.05) is 24.3 Å². The molecule has 9 heavy (non-hydrogen) atoms. The van der Waals surface area contributed by atoms with Gasteiger partial charge in [0.25, 0.3) is 0 Å². The summed E-state index contributed by atoms with van der Waals surface area (Å²) in [6, 6.07) is 0. The number of allylic oxidation sites excluding steroid dienone is 4. The van der Waals surface area contributed by atoms with Gasteiger partial charge in [0.15, 0.2) is 0 Å². The molecule has 0 nitrogen and oxygen atoms in total. The zero-order valence-corrected chi connectivity index (χ0v) is 10.4. The summed E-state index contributed by atoms with van der Waals surface area (Å²) >= 11 is 0. The van der Waals surface area contributed by atoms with Gasteiger partial charge in [0.1, 0.15) is 0 Å². The fraction of sp³-hybridized carbons (Fsp3) is 0. The number of rotatable bonds is 0. The van der Waals surface area contributed by atoms with Crippen molar-refractivity contribution in [1.29, 1.82) is 0 Å². The van der Waals surface area contributed by atoms with Crippen LogP contribution in [0.1, 0.15) is 0 Å². The van der Waals surface area contributed by atoms with E-state index < -0.39 is 0 Å². The molecule has 1 aliphatic carbocycles. The van der Waals surface area contributed by atoms with Crippen molar-refractivity contribution in [1.82, 2.24) is 0 Å². The Kier molecular flexibility index (Phi) is 40.2. The maximum Gasteiger partial charge on any atom is 0.00506 e. The SMILES string of the molecule is [CH]1C=CC=C1.[Cl-].[Cl-].[Cl-].[Hf]. The molecule has 4 heteroatoms. The summed E-state index contributed by atoms with van der Waals surface area (Å²) in [7, 11) is 0. The van der Waals surface area contributed by atoms with E-state index in [1.807, 2.05) is 30.7 Å². The predicted molar refractivity (Wildman–Crippen MR) is 22.6 cm³/mol. The van der Waals surface area contributed by atoms with Crippen LogP contribution in [-0.4, -0.2) is 0 Å². The van der Waals surface area contributed by atoms with Gasteiger partial charge in [-0.2, -0.15) is 0 Å². The number of hydrogen-bond acceptors (Lipinski definition) is 0. The fourth-order valence-electron chi connectivity index (χ4n) is 0.321. The van der Waals surface area contributed by atoms with Crippen LogP contribution in [0.15, 0.2) is 24.3 Å². The molecule has 0 unspecified atom stereocenters. The Morgan fingerprint density at radius 1 is 0.556 bits per heavy atom. The molecular formula is C5H5Cl3Hf-3. The van der Waals surface area contributed by atoms with Gasteiger partial charge in [-0.3, -0.25) is 0 Å². The van der Waals surface area contributed by atoms with E-state index in [0.717, 1.165) is 0 Å². The first-order chi connectivity index (χ1) is 2.50. The van der Waals surface area contributed by atoms with Crippen molar-refractivity contribution in [2.45, 2.75) is 0 Å². The maximum atomic E-state index is 2.00. The molecule has 0 amide bonds. The average Bonchev–Trinajstić information content (AvgIpc) is 1.76. The first-order valence-corrected chi connectivity index (χ1v) is 1.67. The quantitative estimate of drug-likeness (QED) is 0.381. The summed E-state index contributed by atoms with van der Waals surface area (Å²) in [4.78, 5) is 0. The second kappa shape index (κ2) is 16.1. The van der Waals surface area contributed by atoms with Crippen LogP contribution in [0.3, 0.4) is 0 Å². The maximum absolute atomic E-state index is 2.00. The molecule has 0 aromatic rings. The molecule has 1 aliphatic rings. The minimum Gasteiger partial charge on any atom is -1.00 e. The topological polar surface area (TPSA) is 0 Å². The van der Waals surface area contributed by atoms with Crippen molar-refractivity contribution >= 4 is 0 Å². The molecule has 0 N–H and O–H groups in total. The van der Waals surface area contributed by atoms with Crippen LogP contribution in [0.4, 0.5) is 0 Å². The molecule has 0 spiro atoms. The Balaban J connectivity index is -0.0000000312. The number of hydrogen-bond donors (Lipinski definition) is 0. The van der Waals surface area contributed by atoms with Crippen molar-refractivity contribution in [2.24, 2.45) is 0 Å². The minimum absolute atomic E-state index is 0. The van der Waals surface area contributed by atoms with Crippen LogP contribution in [0.2, 0.25) is 0 Å². The van der Waals surface area contributed by atoms with Gasteiger partial charge >= 0.3 is 0 Å². The van der Waals surface area contributed by atoms with E-state index in [9.17, 15) is 0 Å². The van der Waals surface area contributed by atoms with Crippen molar-refractivity contribution in [3.63, 3.8) is 0 Å². The summed E-state index contributed by atoms with van der Waals surface area (Å²) in [5.74, 6) is 0. The van der Waals surface area contributed by atoms with Gasteiger partial charge in [-0.05, 0) is 0 Å². The smallest absolute Gasteiger partial charge is 0.00506 e. The third kappa shape index (κ3) is 12.4. The van der Waals surface area contributed by atoms with Crippen molar-refractivity contribution in [3.8, 4) is 0 Å². The molecule has 1 radical (unpaired) electrons. The fourth-order valence-corrected chi connectivity index (χ4v) is 0.321. The van der Waals surface area contributed by atoms with E-state index in [1.54, 1.807) is 0 Å². The first-order valence-electron chi connectivity index (χ1n) is 1.67. The molecular weight excluding hydrogens is 345 g/mol. The largest absolute Gasteiger partial charge is 1.00 e. The molecule has 0 heterocycles. The van der Waals surface area contributed by atoms with Crippen molar-refractivity contribution in [3.05, 3.63) is 30.7 Å². The molecule has 0 aromatic heterocycles. The third-order valence-electron chi connectivity index (χ3n) is 0.556. The van der Waals surface area contributed by atoms with Gasteiger partial charge in [-0.25, -0.2) is 0 Å². The zero-order valence-electron chi connectivity index (χ0n) is 4.52. The molecule has 0 aromatic carbocycles. The zero-order chi connectivity index (χ0) is 3.54. The Morgan fingerprint density at radius 3 is 1.00 bits per heavy atom. The van der Waals surface area contributed by atoms with Crippen LogP contribution in [0.5, 0.6) is 0 Å². The molecule has 0 fully saturated rings. The monoisotopic (exact) mass is 350 g/mol. The van der Waals surface area contributed by atoms with Crippen LogP contribution in [-0.2, 0) is 25.8 Å². The second-order valence-electron chi connectivity index (χ2n) is 0.962. The summed E-state index contributed by atoms with van der Waals surface area (Å²) in [6.45, 7) is 0. The Labute approximate surface area is 93.2 Å². The van der Waals surface area contributed by atoms with E-state index >= 15 is 0 Å². The molecule has 0 saturated carbocycles. The molecule has 0 atom stereocenters. The summed E-state index contributed by atoms with van der Waals surface area (Å²) < 4.78 is 0. The standard InChI is InChI=1S/C5H5.3ClH.Hf/c1-2-4-5-3-1;;;;/h1-5H;3*1H;/p-3. The second-order valence-corrected chi connectivity index (χ2v) is 0.962. The minimum atomic E-state index is 0. The molecule has 0 aliphatic heterocycles. The van der Waals surface area contributed by atoms with Crippen LogP contribution in [0.25, 0.3) is 0 Å². The molecule has 1 rings (SSSR count). The van der Waals surface area contributed by atoms with Crippen LogP contribution in [0, 0.1) is 6.42 Å². The predicted octanol–water partition coefficient (Wildman–Crippen LogP) is -7.67. The van der Waals surface area contributed by atoms with Crippen molar-refractivity contribution in [2.75, 3.05) is 0 Å². The van der Waals surface area contributed by atoms with Crippen molar-refractivity contribution < 1.29 is 63.1 Å². The molecule has 0 saturated heterocycles. The Bertz CT molecular complexity index is 70.3. The molecule has 0 bridgehead atoms.